The number of carbonyl (C=O) groups is 2. The first-order chi connectivity index (χ1) is 8.49. The number of benzene rings is 1. The lowest BCUT2D eigenvalue weighted by atomic mass is 9.94. The molecule has 1 aromatic rings. The minimum absolute atomic E-state index is 0.222. The monoisotopic (exact) mass is 247 g/mol. The Hall–Kier alpha value is -1.72. The number of hydrogen-bond acceptors (Lipinski definition) is 4. The molecule has 0 aliphatic carbocycles. The Kier molecular flexibility index (Phi) is 2.15. The molecule has 3 rings (SSSR count). The number of amides is 1. The first-order valence-electron chi connectivity index (χ1n) is 5.77. The number of nitrogens with one attached hydrogen (secondary N) is 1. The predicted molar refractivity (Wildman–Crippen MR) is 61.5 cm³/mol. The van der Waals surface area contributed by atoms with E-state index in [0.717, 1.165) is 5.56 Å². The number of rotatable bonds is 3. The van der Waals surface area contributed by atoms with Crippen molar-refractivity contribution >= 4 is 11.7 Å². The molecule has 5 nitrogen and oxygen atoms in total. The first kappa shape index (κ1) is 11.4. The largest absolute Gasteiger partial charge is 0.368 e. The Balaban J connectivity index is 1.87. The summed E-state index contributed by atoms with van der Waals surface area (Å²) in [6, 6.07) is 9.26. The summed E-state index contributed by atoms with van der Waals surface area (Å²) in [7, 11) is 0. The summed E-state index contributed by atoms with van der Waals surface area (Å²) in [5.41, 5.74) is -2.08. The fourth-order valence-corrected chi connectivity index (χ4v) is 2.58. The van der Waals surface area contributed by atoms with Crippen molar-refractivity contribution in [3.8, 4) is 0 Å². The smallest absolute Gasteiger partial charge is 0.265 e. The van der Waals surface area contributed by atoms with Crippen LogP contribution in [0, 0.1) is 0 Å². The highest BCUT2D eigenvalue weighted by molar-refractivity contribution is 6.14. The number of aliphatic hydroxyl groups is 1. The van der Waals surface area contributed by atoms with Gasteiger partial charge in [-0.15, -0.1) is 0 Å². The number of epoxide rings is 1. The molecule has 1 aromatic carbocycles. The van der Waals surface area contributed by atoms with E-state index in [0.29, 0.717) is 0 Å². The Morgan fingerprint density at radius 3 is 2.61 bits per heavy atom. The van der Waals surface area contributed by atoms with Crippen LogP contribution in [0.15, 0.2) is 30.3 Å². The summed E-state index contributed by atoms with van der Waals surface area (Å²) >= 11 is 0. The van der Waals surface area contributed by atoms with E-state index < -0.39 is 23.3 Å². The quantitative estimate of drug-likeness (QED) is 0.571. The van der Waals surface area contributed by atoms with E-state index in [-0.39, 0.29) is 12.2 Å². The van der Waals surface area contributed by atoms with Gasteiger partial charge in [-0.05, 0) is 12.5 Å². The van der Waals surface area contributed by atoms with Gasteiger partial charge in [0.2, 0.25) is 5.60 Å². The number of carbonyl (C=O) groups excluding carboxylic acids is 2. The molecule has 2 heterocycles. The van der Waals surface area contributed by atoms with E-state index in [1.165, 1.54) is 6.92 Å². The van der Waals surface area contributed by atoms with Gasteiger partial charge in [-0.3, -0.25) is 9.59 Å². The van der Waals surface area contributed by atoms with E-state index in [4.69, 9.17) is 4.74 Å². The Bertz CT molecular complexity index is 529. The van der Waals surface area contributed by atoms with Gasteiger partial charge in [-0.2, -0.15) is 0 Å². The topological polar surface area (TPSA) is 78.9 Å². The van der Waals surface area contributed by atoms with E-state index in [1.807, 2.05) is 30.3 Å². The molecule has 0 spiro atoms. The van der Waals surface area contributed by atoms with Gasteiger partial charge in [0.05, 0.1) is 0 Å². The maximum Gasteiger partial charge on any atom is 0.265 e. The van der Waals surface area contributed by atoms with Gasteiger partial charge in [0.25, 0.3) is 5.91 Å². The SMILES string of the molecule is CC(=O)[C@@]12O[C@H]1[C@@](O)(Cc1ccccc1)NC2=O. The van der Waals surface area contributed by atoms with Crippen LogP contribution in [-0.2, 0) is 20.7 Å². The molecule has 2 aliphatic rings. The van der Waals surface area contributed by atoms with Crippen LogP contribution >= 0.6 is 0 Å². The summed E-state index contributed by atoms with van der Waals surface area (Å²) in [4.78, 5) is 23.2. The van der Waals surface area contributed by atoms with Gasteiger partial charge >= 0.3 is 0 Å². The van der Waals surface area contributed by atoms with Crippen molar-refractivity contribution in [2.45, 2.75) is 30.8 Å². The molecular formula is C13H13NO4. The van der Waals surface area contributed by atoms with Gasteiger partial charge in [-0.25, -0.2) is 0 Å². The molecule has 94 valence electrons. The Labute approximate surface area is 104 Å². The summed E-state index contributed by atoms with van der Waals surface area (Å²) in [6.45, 7) is 1.30. The molecule has 0 bridgehead atoms. The van der Waals surface area contributed by atoms with Crippen LogP contribution in [-0.4, -0.2) is 34.2 Å². The van der Waals surface area contributed by atoms with Crippen LogP contribution in [0.5, 0.6) is 0 Å². The lowest BCUT2D eigenvalue weighted by Crippen LogP contribution is -2.49. The second-order valence-corrected chi connectivity index (χ2v) is 4.83. The third kappa shape index (κ3) is 1.34. The van der Waals surface area contributed by atoms with Crippen LogP contribution in [0.25, 0.3) is 0 Å². The number of Topliss-reactive ketones (excluding diaryl/α,β-unsaturated/α-hetero) is 1. The highest BCUT2D eigenvalue weighted by Crippen LogP contribution is 2.49. The zero-order chi connectivity index (χ0) is 13.0. The van der Waals surface area contributed by atoms with Crippen molar-refractivity contribution in [2.75, 3.05) is 0 Å². The molecule has 0 unspecified atom stereocenters. The van der Waals surface area contributed by atoms with Gasteiger partial charge in [0, 0.05) is 6.42 Å². The normalized spacial score (nSPS) is 37.0. The molecule has 5 heteroatoms. The molecule has 18 heavy (non-hydrogen) atoms. The molecule has 2 fully saturated rings. The summed E-state index contributed by atoms with van der Waals surface area (Å²) in [6.07, 6.45) is -0.561. The molecule has 1 amide bonds. The lowest BCUT2D eigenvalue weighted by molar-refractivity contribution is -0.138. The summed E-state index contributed by atoms with van der Waals surface area (Å²) < 4.78 is 5.19. The van der Waals surface area contributed by atoms with E-state index >= 15 is 0 Å². The fourth-order valence-electron chi connectivity index (χ4n) is 2.58. The number of hydrogen-bond donors (Lipinski definition) is 2. The van der Waals surface area contributed by atoms with Crippen molar-refractivity contribution < 1.29 is 19.4 Å². The van der Waals surface area contributed by atoms with Crippen molar-refractivity contribution in [3.63, 3.8) is 0 Å². The van der Waals surface area contributed by atoms with Crippen molar-refractivity contribution in [2.24, 2.45) is 0 Å². The van der Waals surface area contributed by atoms with Gasteiger partial charge in [0.1, 0.15) is 0 Å². The number of ketones is 1. The summed E-state index contributed by atoms with van der Waals surface area (Å²) in [5.74, 6) is -0.910. The maximum atomic E-state index is 11.8. The Morgan fingerprint density at radius 1 is 1.44 bits per heavy atom. The van der Waals surface area contributed by atoms with Crippen molar-refractivity contribution in [1.82, 2.24) is 5.32 Å². The molecule has 2 aliphatic heterocycles. The number of fused-ring (bicyclic) bond motifs is 1. The highest BCUT2D eigenvalue weighted by atomic mass is 16.6. The van der Waals surface area contributed by atoms with Crippen LogP contribution in [0.3, 0.4) is 0 Å². The second-order valence-electron chi connectivity index (χ2n) is 4.83. The highest BCUT2D eigenvalue weighted by Gasteiger charge is 2.79. The standard InChI is InChI=1S/C13H13NO4/c1-8(15)13-10(18-13)12(17,14-11(13)16)7-9-5-3-2-4-6-9/h2-6,10,17H,7H2,1H3,(H,14,16)/t10-,12-,13+/m0/s1. The predicted octanol–water partition coefficient (Wildman–Crippen LogP) is -0.226. The van der Waals surface area contributed by atoms with Crippen LogP contribution in [0.4, 0.5) is 0 Å². The zero-order valence-electron chi connectivity index (χ0n) is 9.84. The summed E-state index contributed by atoms with van der Waals surface area (Å²) in [5, 5.41) is 12.9. The molecule has 0 aromatic heterocycles. The molecular weight excluding hydrogens is 234 g/mol. The lowest BCUT2D eigenvalue weighted by Gasteiger charge is -2.23. The third-order valence-corrected chi connectivity index (χ3v) is 3.56. The maximum absolute atomic E-state index is 11.8. The third-order valence-electron chi connectivity index (χ3n) is 3.56. The number of ether oxygens (including phenoxy) is 1. The molecule has 0 radical (unpaired) electrons. The van der Waals surface area contributed by atoms with E-state index in [1.54, 1.807) is 0 Å². The average Bonchev–Trinajstić information content (AvgIpc) is 3.02. The van der Waals surface area contributed by atoms with Crippen molar-refractivity contribution in [3.05, 3.63) is 35.9 Å². The molecule has 2 saturated heterocycles. The first-order valence-corrected chi connectivity index (χ1v) is 5.77. The van der Waals surface area contributed by atoms with Gasteiger partial charge < -0.3 is 15.2 Å². The molecule has 3 atom stereocenters. The second kappa shape index (κ2) is 3.40. The molecule has 0 saturated carbocycles. The minimum Gasteiger partial charge on any atom is -0.368 e. The average molecular weight is 247 g/mol. The van der Waals surface area contributed by atoms with E-state index in [2.05, 4.69) is 5.32 Å². The fraction of sp³-hybridized carbons (Fsp3) is 0.385. The van der Waals surface area contributed by atoms with Crippen LogP contribution in [0.2, 0.25) is 0 Å². The van der Waals surface area contributed by atoms with Crippen LogP contribution in [0.1, 0.15) is 12.5 Å². The van der Waals surface area contributed by atoms with Gasteiger partial charge in [0.15, 0.2) is 17.6 Å². The van der Waals surface area contributed by atoms with Crippen molar-refractivity contribution in [1.29, 1.82) is 0 Å². The van der Waals surface area contributed by atoms with Gasteiger partial charge in [-0.1, -0.05) is 30.3 Å². The Morgan fingerprint density at radius 2 is 2.11 bits per heavy atom. The number of morpholine rings is 1. The van der Waals surface area contributed by atoms with Crippen LogP contribution < -0.4 is 5.32 Å². The van der Waals surface area contributed by atoms with E-state index in [9.17, 15) is 14.7 Å². The molecule has 2 N–H and O–H groups in total. The minimum atomic E-state index is -1.50. The zero-order valence-corrected chi connectivity index (χ0v) is 9.84.